The van der Waals surface area contributed by atoms with Crippen LogP contribution in [0.1, 0.15) is 167 Å². The summed E-state index contributed by atoms with van der Waals surface area (Å²) >= 11 is 0. The lowest BCUT2D eigenvalue weighted by atomic mass is 10.1. The number of unbranched alkanes of at least 4 members (excludes halogenated alkanes) is 16. The first kappa shape index (κ1) is 44.0. The Morgan fingerprint density at radius 3 is 2.02 bits per heavy atom. The molecule has 0 aliphatic heterocycles. The highest BCUT2D eigenvalue weighted by molar-refractivity contribution is 8.76. The zero-order chi connectivity index (χ0) is 34.7. The van der Waals surface area contributed by atoms with Crippen LogP contribution in [0.25, 0.3) is 0 Å². The lowest BCUT2D eigenvalue weighted by Gasteiger charge is -2.18. The summed E-state index contributed by atoms with van der Waals surface area (Å²) in [6, 6.07) is 0. The molecule has 49 heavy (non-hydrogen) atoms. The predicted octanol–water partition coefficient (Wildman–Crippen LogP) is 13.9. The van der Waals surface area contributed by atoms with Crippen molar-refractivity contribution in [3.8, 4) is 0 Å². The molecule has 0 amide bonds. The predicted molar refractivity (Wildman–Crippen MR) is 219 cm³/mol. The topological polar surface area (TPSA) is 47.1 Å². The first-order chi connectivity index (χ1) is 24.3. The zero-order valence-corrected chi connectivity index (χ0v) is 33.4. The van der Waals surface area contributed by atoms with Crippen LogP contribution in [0, 0.1) is 5.92 Å². The summed E-state index contributed by atoms with van der Waals surface area (Å²) in [5.74, 6) is 2.75. The maximum absolute atomic E-state index is 6.33. The molecular formula is C43H74N2O2S2. The molecule has 280 valence electrons. The Bertz CT molecular complexity index is 959. The van der Waals surface area contributed by atoms with Crippen molar-refractivity contribution < 1.29 is 9.47 Å². The Hall–Kier alpha value is -1.21. The van der Waals surface area contributed by atoms with Gasteiger partial charge in [0, 0.05) is 36.6 Å². The molecule has 0 spiro atoms. The standard InChI is InChI=1S/C43H74N2O2S2/c1-3-5-7-8-9-10-11-12-13-14-15-16-20-23-26-29-33-47-43(38-49-48-37-42-35-44-39-45-42)36-46-32-28-25-22-19-17-18-21-24-27-31-41-34-40(41)30-6-4-2/h9-10,12-13,24,27,34-35,39-40,43H,3-8,11,14-23,25-26,28-33,36-38H2,1-2H3,(H,44,45)/b10-9-,13-12-,27-24-/t40-,43+/m0/s1. The minimum Gasteiger partial charge on any atom is -0.379 e. The maximum atomic E-state index is 6.33. The highest BCUT2D eigenvalue weighted by atomic mass is 33.1. The number of hydrogen-bond donors (Lipinski definition) is 1. The molecule has 0 unspecified atom stereocenters. The summed E-state index contributed by atoms with van der Waals surface area (Å²) in [6.07, 6.45) is 50.1. The van der Waals surface area contributed by atoms with Crippen LogP contribution in [-0.4, -0.2) is 41.6 Å². The average Bonchev–Trinajstić information content (AvgIpc) is 3.65. The fraction of sp³-hybridized carbons (Fsp3) is 0.744. The van der Waals surface area contributed by atoms with Crippen LogP contribution in [0.5, 0.6) is 0 Å². The summed E-state index contributed by atoms with van der Waals surface area (Å²) in [5, 5.41) is 0. The molecule has 0 saturated heterocycles. The molecule has 1 aliphatic carbocycles. The van der Waals surface area contributed by atoms with Gasteiger partial charge in [0.2, 0.25) is 0 Å². The molecular weight excluding hydrogens is 641 g/mol. The third kappa shape index (κ3) is 28.1. The third-order valence-electron chi connectivity index (χ3n) is 9.19. The van der Waals surface area contributed by atoms with Crippen LogP contribution in [-0.2, 0) is 15.2 Å². The molecule has 1 heterocycles. The summed E-state index contributed by atoms with van der Waals surface area (Å²) in [5.41, 5.74) is 2.85. The van der Waals surface area contributed by atoms with Crippen molar-refractivity contribution >= 4 is 21.6 Å². The van der Waals surface area contributed by atoms with Gasteiger partial charge in [-0.05, 0) is 76.5 Å². The van der Waals surface area contributed by atoms with Crippen LogP contribution < -0.4 is 0 Å². The van der Waals surface area contributed by atoms with E-state index in [-0.39, 0.29) is 6.10 Å². The fourth-order valence-corrected chi connectivity index (χ4v) is 8.11. The molecule has 1 aliphatic rings. The Morgan fingerprint density at radius 1 is 0.714 bits per heavy atom. The van der Waals surface area contributed by atoms with Gasteiger partial charge in [0.25, 0.3) is 0 Å². The Balaban J connectivity index is 1.42. The van der Waals surface area contributed by atoms with E-state index in [9.17, 15) is 0 Å². The number of nitrogens with one attached hydrogen (secondary N) is 1. The van der Waals surface area contributed by atoms with E-state index in [1.54, 1.807) is 11.9 Å². The largest absolute Gasteiger partial charge is 0.379 e. The maximum Gasteiger partial charge on any atom is 0.0921 e. The van der Waals surface area contributed by atoms with Crippen LogP contribution >= 0.6 is 21.6 Å². The van der Waals surface area contributed by atoms with E-state index in [0.717, 1.165) is 49.9 Å². The number of imidazole rings is 1. The molecule has 1 aromatic heterocycles. The fourth-order valence-electron chi connectivity index (χ4n) is 5.93. The van der Waals surface area contributed by atoms with Gasteiger partial charge in [0.1, 0.15) is 0 Å². The second kappa shape index (κ2) is 33.9. The first-order valence-corrected chi connectivity index (χ1v) is 22.9. The summed E-state index contributed by atoms with van der Waals surface area (Å²) < 4.78 is 12.5. The number of allylic oxidation sites excluding steroid dienone is 8. The molecule has 0 aromatic carbocycles. The Morgan fingerprint density at radius 2 is 1.35 bits per heavy atom. The Kier molecular flexibility index (Phi) is 30.4. The van der Waals surface area contributed by atoms with Crippen molar-refractivity contribution in [1.82, 2.24) is 9.97 Å². The molecule has 4 nitrogen and oxygen atoms in total. The van der Waals surface area contributed by atoms with Crippen molar-refractivity contribution in [3.63, 3.8) is 0 Å². The lowest BCUT2D eigenvalue weighted by Crippen LogP contribution is -2.23. The second-order valence-corrected chi connectivity index (χ2v) is 16.4. The van der Waals surface area contributed by atoms with E-state index in [1.165, 1.54) is 134 Å². The lowest BCUT2D eigenvalue weighted by molar-refractivity contribution is -0.00609. The van der Waals surface area contributed by atoms with E-state index in [2.05, 4.69) is 66.3 Å². The molecule has 6 heteroatoms. The van der Waals surface area contributed by atoms with Gasteiger partial charge < -0.3 is 14.5 Å². The van der Waals surface area contributed by atoms with Crippen LogP contribution in [0.3, 0.4) is 0 Å². The normalized spacial score (nSPS) is 15.3. The number of H-pyrrole nitrogens is 1. The van der Waals surface area contributed by atoms with Crippen molar-refractivity contribution in [3.05, 3.63) is 66.3 Å². The summed E-state index contributed by atoms with van der Waals surface area (Å²) in [4.78, 5) is 7.31. The van der Waals surface area contributed by atoms with Crippen LogP contribution in [0.15, 0.2) is 60.6 Å². The second-order valence-electron chi connectivity index (χ2n) is 13.9. The molecule has 2 atom stereocenters. The van der Waals surface area contributed by atoms with Crippen LogP contribution in [0.4, 0.5) is 0 Å². The number of ether oxygens (including phenoxy) is 2. The molecule has 1 aromatic rings. The van der Waals surface area contributed by atoms with E-state index in [4.69, 9.17) is 9.47 Å². The average molecular weight is 715 g/mol. The summed E-state index contributed by atoms with van der Waals surface area (Å²) in [7, 11) is 3.75. The van der Waals surface area contributed by atoms with E-state index >= 15 is 0 Å². The molecule has 1 N–H and O–H groups in total. The highest BCUT2D eigenvalue weighted by Gasteiger charge is 2.21. The van der Waals surface area contributed by atoms with E-state index < -0.39 is 0 Å². The van der Waals surface area contributed by atoms with Gasteiger partial charge in [-0.3, -0.25) is 0 Å². The van der Waals surface area contributed by atoms with E-state index in [1.807, 2.05) is 27.8 Å². The van der Waals surface area contributed by atoms with Gasteiger partial charge in [-0.15, -0.1) is 0 Å². The molecule has 2 rings (SSSR count). The van der Waals surface area contributed by atoms with Crippen molar-refractivity contribution in [2.45, 2.75) is 173 Å². The highest BCUT2D eigenvalue weighted by Crippen LogP contribution is 2.36. The van der Waals surface area contributed by atoms with Crippen LogP contribution in [0.2, 0.25) is 0 Å². The smallest absolute Gasteiger partial charge is 0.0921 e. The van der Waals surface area contributed by atoms with Gasteiger partial charge in [0.05, 0.1) is 19.0 Å². The minimum absolute atomic E-state index is 0.170. The Labute approximate surface area is 311 Å². The quantitative estimate of drug-likeness (QED) is 0.0422. The third-order valence-corrected chi connectivity index (χ3v) is 11.6. The van der Waals surface area contributed by atoms with Crippen molar-refractivity contribution in [1.29, 1.82) is 0 Å². The van der Waals surface area contributed by atoms with Gasteiger partial charge in [0.15, 0.2) is 0 Å². The van der Waals surface area contributed by atoms with Gasteiger partial charge in [-0.2, -0.15) is 0 Å². The van der Waals surface area contributed by atoms with Crippen molar-refractivity contribution in [2.75, 3.05) is 25.6 Å². The van der Waals surface area contributed by atoms with Gasteiger partial charge in [-0.1, -0.05) is 161 Å². The molecule has 0 radical (unpaired) electrons. The number of hydrogen-bond acceptors (Lipinski definition) is 5. The van der Waals surface area contributed by atoms with Gasteiger partial charge >= 0.3 is 0 Å². The SMILES string of the molecule is CCCCC/C=C\C/C=C\CCCCCCCCO[C@H](COCCCCCCCC/C=C\CC1=C[C@@H]1CCCC)CSSCc1cnc[nH]1. The molecule has 0 fully saturated rings. The monoisotopic (exact) mass is 715 g/mol. The number of aromatic amines is 1. The number of rotatable bonds is 37. The molecule has 0 bridgehead atoms. The number of nitrogens with zero attached hydrogens (tertiary/aromatic N) is 1. The minimum atomic E-state index is 0.170. The van der Waals surface area contributed by atoms with Crippen molar-refractivity contribution in [2.24, 2.45) is 5.92 Å². The number of aromatic nitrogens is 2. The first-order valence-electron chi connectivity index (χ1n) is 20.4. The van der Waals surface area contributed by atoms with Gasteiger partial charge in [-0.25, -0.2) is 4.98 Å². The zero-order valence-electron chi connectivity index (χ0n) is 31.7. The summed E-state index contributed by atoms with van der Waals surface area (Å²) in [6.45, 7) is 6.97. The van der Waals surface area contributed by atoms with E-state index in [0.29, 0.717) is 6.61 Å². The molecule has 0 saturated carbocycles.